The summed E-state index contributed by atoms with van der Waals surface area (Å²) in [6.07, 6.45) is 1.50. The number of nitrogens with zero attached hydrogens (tertiary/aromatic N) is 1. The van der Waals surface area contributed by atoms with Crippen LogP contribution in [0.25, 0.3) is 22.2 Å². The van der Waals surface area contributed by atoms with Crippen molar-refractivity contribution in [3.8, 4) is 34.3 Å². The highest BCUT2D eigenvalue weighted by Gasteiger charge is 2.15. The Morgan fingerprint density at radius 3 is 1.88 bits per heavy atom. The molecule has 1 aromatic heterocycles. The van der Waals surface area contributed by atoms with Crippen LogP contribution < -0.4 is 29.7 Å². The Kier molecular flexibility index (Phi) is 9.20. The third kappa shape index (κ3) is 6.46. The van der Waals surface area contributed by atoms with Crippen molar-refractivity contribution in [1.82, 2.24) is 4.57 Å². The molecule has 222 valence electrons. The zero-order valence-corrected chi connectivity index (χ0v) is 25.4. The van der Waals surface area contributed by atoms with Gasteiger partial charge in [0.1, 0.15) is 0 Å². The zero-order chi connectivity index (χ0) is 30.3. The van der Waals surface area contributed by atoms with Gasteiger partial charge in [0.25, 0.3) is 0 Å². The normalized spacial score (nSPS) is 10.9. The average molecular weight is 579 g/mol. The second-order valence-corrected chi connectivity index (χ2v) is 10.4. The van der Waals surface area contributed by atoms with Crippen molar-refractivity contribution in [1.29, 1.82) is 0 Å². The van der Waals surface area contributed by atoms with Gasteiger partial charge in [-0.3, -0.25) is 4.79 Å². The smallest absolute Gasteiger partial charge is 0.192 e. The lowest BCUT2D eigenvalue weighted by Gasteiger charge is -2.20. The van der Waals surface area contributed by atoms with Crippen LogP contribution >= 0.6 is 0 Å². The lowest BCUT2D eigenvalue weighted by molar-refractivity contribution is 0.354. The molecule has 0 bridgehead atoms. The predicted octanol–water partition coefficient (Wildman–Crippen LogP) is 6.91. The molecule has 0 saturated carbocycles. The first-order valence-corrected chi connectivity index (χ1v) is 14.3. The fourth-order valence-corrected chi connectivity index (χ4v) is 5.43. The predicted molar refractivity (Wildman–Crippen MR) is 173 cm³/mol. The van der Waals surface area contributed by atoms with Gasteiger partial charge in [0.15, 0.2) is 28.4 Å². The third-order valence-corrected chi connectivity index (χ3v) is 7.73. The molecule has 0 spiro atoms. The van der Waals surface area contributed by atoms with E-state index < -0.39 is 0 Å². The fraction of sp³-hybridized carbons (Fsp3) is 0.250. The molecule has 0 aliphatic heterocycles. The average Bonchev–Trinajstić information content (AvgIpc) is 3.04. The summed E-state index contributed by atoms with van der Waals surface area (Å²) in [5, 5.41) is 4.20. The van der Waals surface area contributed by atoms with Crippen molar-refractivity contribution >= 4 is 16.6 Å². The van der Waals surface area contributed by atoms with Gasteiger partial charge in [-0.2, -0.15) is 0 Å². The van der Waals surface area contributed by atoms with Crippen molar-refractivity contribution in [2.75, 3.05) is 40.3 Å². The van der Waals surface area contributed by atoms with Crippen molar-refractivity contribution < 1.29 is 18.9 Å². The SMILES string of the molecule is COc1ccc(CCNc2cccc3c2c(=O)cc(-c2ccc(C)cc2)n3CCc2ccc(OC)c(OC)c2)cc1OC. The maximum absolute atomic E-state index is 13.7. The van der Waals surface area contributed by atoms with Crippen LogP contribution in [0.2, 0.25) is 0 Å². The lowest BCUT2D eigenvalue weighted by atomic mass is 10.0. The Morgan fingerprint density at radius 1 is 0.674 bits per heavy atom. The topological polar surface area (TPSA) is 71.0 Å². The van der Waals surface area contributed by atoms with E-state index in [0.29, 0.717) is 41.5 Å². The van der Waals surface area contributed by atoms with Gasteiger partial charge in [0.05, 0.1) is 45.0 Å². The van der Waals surface area contributed by atoms with Gasteiger partial charge in [-0.15, -0.1) is 0 Å². The van der Waals surface area contributed by atoms with E-state index in [1.54, 1.807) is 34.5 Å². The quantitative estimate of drug-likeness (QED) is 0.174. The molecule has 0 aliphatic carbocycles. The van der Waals surface area contributed by atoms with Crippen LogP contribution in [-0.2, 0) is 19.4 Å². The molecule has 0 amide bonds. The molecule has 0 radical (unpaired) electrons. The Labute approximate surface area is 252 Å². The molecule has 0 aliphatic rings. The highest BCUT2D eigenvalue weighted by molar-refractivity contribution is 5.93. The summed E-state index contributed by atoms with van der Waals surface area (Å²) in [4.78, 5) is 13.7. The number of benzene rings is 4. The lowest BCUT2D eigenvalue weighted by Crippen LogP contribution is -2.16. The summed E-state index contributed by atoms with van der Waals surface area (Å²) in [6.45, 7) is 3.39. The minimum atomic E-state index is -0.0119. The van der Waals surface area contributed by atoms with Crippen LogP contribution in [0.15, 0.2) is 89.7 Å². The molecule has 0 fully saturated rings. The third-order valence-electron chi connectivity index (χ3n) is 7.73. The van der Waals surface area contributed by atoms with Crippen LogP contribution in [0, 0.1) is 6.92 Å². The Morgan fingerprint density at radius 2 is 1.28 bits per heavy atom. The van der Waals surface area contributed by atoms with Crippen molar-refractivity contribution in [2.45, 2.75) is 26.3 Å². The molecule has 1 heterocycles. The van der Waals surface area contributed by atoms with E-state index in [4.69, 9.17) is 18.9 Å². The number of aryl methyl sites for hydroxylation is 3. The van der Waals surface area contributed by atoms with E-state index >= 15 is 0 Å². The second-order valence-electron chi connectivity index (χ2n) is 10.4. The van der Waals surface area contributed by atoms with Gasteiger partial charge in [0, 0.05) is 24.8 Å². The molecule has 7 nitrogen and oxygen atoms in total. The van der Waals surface area contributed by atoms with Gasteiger partial charge in [-0.1, -0.05) is 48.0 Å². The number of ether oxygens (including phenoxy) is 4. The standard InChI is InChI=1S/C36H38N2O5/c1-24-9-13-27(14-10-24)30-23-31(39)36-28(37-19-17-25-11-15-32(40-2)34(21-25)42-4)7-6-8-29(36)38(30)20-18-26-12-16-33(41-3)35(22-26)43-5/h6-16,21-23,37H,17-20H2,1-5H3. The number of aromatic nitrogens is 1. The van der Waals surface area contributed by atoms with Crippen molar-refractivity contribution in [2.24, 2.45) is 0 Å². The van der Waals surface area contributed by atoms with Crippen LogP contribution in [0.4, 0.5) is 5.69 Å². The van der Waals surface area contributed by atoms with Crippen molar-refractivity contribution in [3.63, 3.8) is 0 Å². The first-order valence-electron chi connectivity index (χ1n) is 14.3. The van der Waals surface area contributed by atoms with E-state index in [1.807, 2.05) is 48.5 Å². The number of hydrogen-bond donors (Lipinski definition) is 1. The second kappa shape index (κ2) is 13.4. The van der Waals surface area contributed by atoms with Gasteiger partial charge < -0.3 is 28.8 Å². The molecular formula is C36H38N2O5. The summed E-state index contributed by atoms with van der Waals surface area (Å²) < 4.78 is 24.0. The molecular weight excluding hydrogens is 540 g/mol. The molecule has 1 N–H and O–H groups in total. The Balaban J connectivity index is 1.49. The summed E-state index contributed by atoms with van der Waals surface area (Å²) in [7, 11) is 6.55. The number of anilines is 1. The largest absolute Gasteiger partial charge is 0.493 e. The van der Waals surface area contributed by atoms with Gasteiger partial charge in [-0.05, 0) is 72.9 Å². The maximum atomic E-state index is 13.7. The first kappa shape index (κ1) is 29.6. The summed E-state index contributed by atoms with van der Waals surface area (Å²) in [6, 6.07) is 28.0. The maximum Gasteiger partial charge on any atom is 0.192 e. The summed E-state index contributed by atoms with van der Waals surface area (Å²) >= 11 is 0. The van der Waals surface area contributed by atoms with E-state index in [1.165, 1.54) is 5.56 Å². The Bertz CT molecular complexity index is 1780. The van der Waals surface area contributed by atoms with Crippen molar-refractivity contribution in [3.05, 3.63) is 112 Å². The van der Waals surface area contributed by atoms with Crippen LogP contribution in [0.3, 0.4) is 0 Å². The molecule has 0 atom stereocenters. The summed E-state index contributed by atoms with van der Waals surface area (Å²) in [5.74, 6) is 2.80. The minimum absolute atomic E-state index is 0.0119. The highest BCUT2D eigenvalue weighted by Crippen LogP contribution is 2.31. The van der Waals surface area contributed by atoms with E-state index in [2.05, 4.69) is 47.1 Å². The number of nitrogens with one attached hydrogen (secondary N) is 1. The highest BCUT2D eigenvalue weighted by atomic mass is 16.5. The van der Waals surface area contributed by atoms with Gasteiger partial charge >= 0.3 is 0 Å². The fourth-order valence-electron chi connectivity index (χ4n) is 5.43. The number of methoxy groups -OCH3 is 4. The number of fused-ring (bicyclic) bond motifs is 1. The molecule has 0 saturated heterocycles. The van der Waals surface area contributed by atoms with E-state index in [9.17, 15) is 4.79 Å². The number of hydrogen-bond acceptors (Lipinski definition) is 6. The number of rotatable bonds is 12. The molecule has 5 aromatic rings. The van der Waals surface area contributed by atoms with Crippen LogP contribution in [0.5, 0.6) is 23.0 Å². The van der Waals surface area contributed by atoms with E-state index in [-0.39, 0.29) is 5.43 Å². The zero-order valence-electron chi connectivity index (χ0n) is 25.4. The molecule has 43 heavy (non-hydrogen) atoms. The molecule has 7 heteroatoms. The number of pyridine rings is 1. The molecule has 5 rings (SSSR count). The van der Waals surface area contributed by atoms with Crippen LogP contribution in [0.1, 0.15) is 16.7 Å². The Hall–Kier alpha value is -4.91. The van der Waals surface area contributed by atoms with Crippen LogP contribution in [-0.4, -0.2) is 39.6 Å². The minimum Gasteiger partial charge on any atom is -0.493 e. The molecule has 4 aromatic carbocycles. The first-order chi connectivity index (χ1) is 20.9. The monoisotopic (exact) mass is 578 g/mol. The molecule has 0 unspecified atom stereocenters. The summed E-state index contributed by atoms with van der Waals surface area (Å²) in [5.41, 5.74) is 6.98. The van der Waals surface area contributed by atoms with Gasteiger partial charge in [0.2, 0.25) is 0 Å². The van der Waals surface area contributed by atoms with E-state index in [0.717, 1.165) is 46.4 Å². The van der Waals surface area contributed by atoms with Gasteiger partial charge in [-0.25, -0.2) is 0 Å².